The molecule has 0 fully saturated rings. The molecule has 0 spiro atoms. The van der Waals surface area contributed by atoms with Crippen molar-refractivity contribution < 1.29 is 18.1 Å². The minimum absolute atomic E-state index is 0.0722. The summed E-state index contributed by atoms with van der Waals surface area (Å²) in [7, 11) is 0. The third-order valence-corrected chi connectivity index (χ3v) is 4.65. The van der Waals surface area contributed by atoms with E-state index in [4.69, 9.17) is 4.52 Å². The quantitative estimate of drug-likeness (QED) is 0.925. The monoisotopic (exact) mass is 349 g/mol. The molecule has 0 aliphatic carbocycles. The van der Waals surface area contributed by atoms with E-state index in [1.54, 1.807) is 0 Å². The van der Waals surface area contributed by atoms with Crippen LogP contribution in [0.2, 0.25) is 0 Å². The van der Waals surface area contributed by atoms with Crippen molar-refractivity contribution in [3.8, 4) is 0 Å². The van der Waals surface area contributed by atoms with Crippen molar-refractivity contribution in [2.75, 3.05) is 6.54 Å². The fraction of sp³-hybridized carbons (Fsp3) is 0.444. The van der Waals surface area contributed by atoms with Crippen molar-refractivity contribution in [2.24, 2.45) is 0 Å². The van der Waals surface area contributed by atoms with Gasteiger partial charge >= 0.3 is 6.03 Å². The first-order chi connectivity index (χ1) is 11.9. The fourth-order valence-corrected chi connectivity index (χ4v) is 3.22. The summed E-state index contributed by atoms with van der Waals surface area (Å²) >= 11 is 0. The number of halogens is 2. The van der Waals surface area contributed by atoms with Gasteiger partial charge in [0.25, 0.3) is 0 Å². The first-order valence-corrected chi connectivity index (χ1v) is 8.29. The SMILES string of the molecule is Cc1noc(C)c1CC(C)NC(=O)N1CCc2c(F)ccc(F)c2C1. The van der Waals surface area contributed by atoms with Crippen LogP contribution in [0.3, 0.4) is 0 Å². The Labute approximate surface area is 145 Å². The van der Waals surface area contributed by atoms with E-state index in [9.17, 15) is 13.6 Å². The van der Waals surface area contributed by atoms with E-state index < -0.39 is 11.6 Å². The van der Waals surface area contributed by atoms with Gasteiger partial charge in [-0.25, -0.2) is 13.6 Å². The van der Waals surface area contributed by atoms with Crippen molar-refractivity contribution in [3.05, 3.63) is 51.9 Å². The number of benzene rings is 1. The molecule has 0 bridgehead atoms. The van der Waals surface area contributed by atoms with Gasteiger partial charge in [-0.2, -0.15) is 0 Å². The number of rotatable bonds is 3. The van der Waals surface area contributed by atoms with Gasteiger partial charge in [0.2, 0.25) is 0 Å². The minimum Gasteiger partial charge on any atom is -0.361 e. The van der Waals surface area contributed by atoms with Gasteiger partial charge in [0.05, 0.1) is 12.2 Å². The van der Waals surface area contributed by atoms with E-state index in [1.165, 1.54) is 4.90 Å². The second-order valence-corrected chi connectivity index (χ2v) is 6.52. The Kier molecular flexibility index (Phi) is 4.74. The molecule has 1 aromatic carbocycles. The van der Waals surface area contributed by atoms with E-state index in [-0.39, 0.29) is 24.2 Å². The highest BCUT2D eigenvalue weighted by Crippen LogP contribution is 2.24. The average molecular weight is 349 g/mol. The highest BCUT2D eigenvalue weighted by molar-refractivity contribution is 5.75. The zero-order chi connectivity index (χ0) is 18.1. The molecule has 3 rings (SSSR count). The number of aromatic nitrogens is 1. The lowest BCUT2D eigenvalue weighted by molar-refractivity contribution is 0.187. The lowest BCUT2D eigenvalue weighted by atomic mass is 9.98. The number of nitrogens with one attached hydrogen (secondary N) is 1. The summed E-state index contributed by atoms with van der Waals surface area (Å²) < 4.78 is 32.9. The third-order valence-electron chi connectivity index (χ3n) is 4.65. The fourth-order valence-electron chi connectivity index (χ4n) is 3.22. The average Bonchev–Trinajstić information content (AvgIpc) is 2.90. The van der Waals surface area contributed by atoms with E-state index in [1.807, 2.05) is 20.8 Å². The number of fused-ring (bicyclic) bond motifs is 1. The van der Waals surface area contributed by atoms with Gasteiger partial charge in [0.15, 0.2) is 0 Å². The smallest absolute Gasteiger partial charge is 0.317 e. The predicted molar refractivity (Wildman–Crippen MR) is 88.1 cm³/mol. The Bertz CT molecular complexity index is 784. The summed E-state index contributed by atoms with van der Waals surface area (Å²) in [4.78, 5) is 14.0. The molecule has 1 aliphatic heterocycles. The van der Waals surface area contributed by atoms with Gasteiger partial charge in [0, 0.05) is 23.7 Å². The van der Waals surface area contributed by atoms with Crippen LogP contribution in [0.25, 0.3) is 0 Å². The molecule has 25 heavy (non-hydrogen) atoms. The minimum atomic E-state index is -0.474. The molecule has 0 saturated heterocycles. The molecule has 5 nitrogen and oxygen atoms in total. The van der Waals surface area contributed by atoms with Crippen LogP contribution < -0.4 is 5.32 Å². The summed E-state index contributed by atoms with van der Waals surface area (Å²) in [5.41, 5.74) is 2.42. The Morgan fingerprint density at radius 2 is 2.00 bits per heavy atom. The number of carbonyl (C=O) groups is 1. The van der Waals surface area contributed by atoms with Gasteiger partial charge in [-0.1, -0.05) is 5.16 Å². The van der Waals surface area contributed by atoms with E-state index in [0.717, 1.165) is 29.2 Å². The number of hydrogen-bond donors (Lipinski definition) is 1. The van der Waals surface area contributed by atoms with Crippen LogP contribution in [0.15, 0.2) is 16.7 Å². The molecule has 1 aromatic heterocycles. The molecular formula is C18H21F2N3O2. The molecule has 1 N–H and O–H groups in total. The molecule has 1 unspecified atom stereocenters. The zero-order valence-electron chi connectivity index (χ0n) is 14.5. The van der Waals surface area contributed by atoms with Gasteiger partial charge in [-0.05, 0) is 51.3 Å². The maximum atomic E-state index is 13.9. The van der Waals surface area contributed by atoms with Crippen molar-refractivity contribution >= 4 is 6.03 Å². The topological polar surface area (TPSA) is 58.4 Å². The Hall–Kier alpha value is -2.44. The summed E-state index contributed by atoms with van der Waals surface area (Å²) in [6.07, 6.45) is 0.908. The summed E-state index contributed by atoms with van der Waals surface area (Å²) in [6.45, 7) is 6.02. The van der Waals surface area contributed by atoms with Gasteiger partial charge in [-0.3, -0.25) is 0 Å². The van der Waals surface area contributed by atoms with E-state index >= 15 is 0 Å². The van der Waals surface area contributed by atoms with Crippen LogP contribution in [-0.4, -0.2) is 28.7 Å². The molecule has 2 heterocycles. The van der Waals surface area contributed by atoms with E-state index in [0.29, 0.717) is 24.9 Å². The van der Waals surface area contributed by atoms with Gasteiger partial charge < -0.3 is 14.7 Å². The van der Waals surface area contributed by atoms with Crippen molar-refractivity contribution in [2.45, 2.75) is 46.2 Å². The Morgan fingerprint density at radius 1 is 1.32 bits per heavy atom. The lowest BCUT2D eigenvalue weighted by Gasteiger charge is -2.30. The molecule has 2 amide bonds. The van der Waals surface area contributed by atoms with Crippen molar-refractivity contribution in [3.63, 3.8) is 0 Å². The number of hydrogen-bond acceptors (Lipinski definition) is 3. The van der Waals surface area contributed by atoms with Crippen molar-refractivity contribution in [1.82, 2.24) is 15.4 Å². The number of amides is 2. The summed E-state index contributed by atoms with van der Waals surface area (Å²) in [5.74, 6) is -0.149. The summed E-state index contributed by atoms with van der Waals surface area (Å²) in [5, 5.41) is 6.81. The number of nitrogens with zero attached hydrogens (tertiary/aromatic N) is 2. The number of aryl methyl sites for hydroxylation is 2. The normalized spacial score (nSPS) is 15.0. The van der Waals surface area contributed by atoms with Crippen LogP contribution in [0.4, 0.5) is 13.6 Å². The number of carbonyl (C=O) groups excluding carboxylic acids is 1. The largest absolute Gasteiger partial charge is 0.361 e. The first kappa shape index (κ1) is 17.4. The first-order valence-electron chi connectivity index (χ1n) is 8.29. The zero-order valence-corrected chi connectivity index (χ0v) is 14.5. The van der Waals surface area contributed by atoms with Gasteiger partial charge in [-0.15, -0.1) is 0 Å². The van der Waals surface area contributed by atoms with Crippen LogP contribution in [-0.2, 0) is 19.4 Å². The third kappa shape index (κ3) is 3.50. The van der Waals surface area contributed by atoms with Crippen LogP contribution in [0, 0.1) is 25.5 Å². The van der Waals surface area contributed by atoms with Crippen molar-refractivity contribution in [1.29, 1.82) is 0 Å². The molecular weight excluding hydrogens is 328 g/mol. The molecule has 7 heteroatoms. The Balaban J connectivity index is 1.65. The van der Waals surface area contributed by atoms with Crippen LogP contribution in [0.1, 0.15) is 35.1 Å². The molecule has 134 valence electrons. The molecule has 2 aromatic rings. The second kappa shape index (κ2) is 6.82. The predicted octanol–water partition coefficient (Wildman–Crippen LogP) is 3.27. The lowest BCUT2D eigenvalue weighted by Crippen LogP contribution is -2.46. The second-order valence-electron chi connectivity index (χ2n) is 6.52. The highest BCUT2D eigenvalue weighted by Gasteiger charge is 2.26. The van der Waals surface area contributed by atoms with Crippen LogP contribution >= 0.6 is 0 Å². The maximum absolute atomic E-state index is 13.9. The molecule has 0 saturated carbocycles. The van der Waals surface area contributed by atoms with Crippen LogP contribution in [0.5, 0.6) is 0 Å². The highest BCUT2D eigenvalue weighted by atomic mass is 19.1. The standard InChI is InChI=1S/C18H21F2N3O2/c1-10(8-14-11(2)22-25-12(14)3)21-18(24)23-7-6-13-15(9-23)17(20)5-4-16(13)19/h4-5,10H,6-9H2,1-3H3,(H,21,24). The molecule has 0 radical (unpaired) electrons. The number of urea groups is 1. The molecule has 1 aliphatic rings. The van der Waals surface area contributed by atoms with E-state index in [2.05, 4.69) is 10.5 Å². The summed E-state index contributed by atoms with van der Waals surface area (Å²) in [6, 6.07) is 1.82. The Morgan fingerprint density at radius 3 is 2.64 bits per heavy atom. The van der Waals surface area contributed by atoms with Gasteiger partial charge in [0.1, 0.15) is 17.4 Å². The maximum Gasteiger partial charge on any atom is 0.317 e. The molecule has 1 atom stereocenters.